The fraction of sp³-hybridized carbons (Fsp3) is 0.429. The van der Waals surface area contributed by atoms with E-state index in [9.17, 15) is 0 Å². The number of rotatable bonds is 5. The molecule has 0 saturated heterocycles. The van der Waals surface area contributed by atoms with Gasteiger partial charge in [0.15, 0.2) is 0 Å². The fourth-order valence-electron chi connectivity index (χ4n) is 1.74. The number of nitrogens with two attached hydrogens (primary N) is 1. The van der Waals surface area contributed by atoms with Crippen molar-refractivity contribution in [3.05, 3.63) is 23.8 Å². The third-order valence-corrected chi connectivity index (χ3v) is 2.70. The lowest BCUT2D eigenvalue weighted by atomic mass is 10.1. The zero-order valence-corrected chi connectivity index (χ0v) is 10.9. The maximum absolute atomic E-state index is 5.98. The Kier molecular flexibility index (Phi) is 4.86. The minimum absolute atomic E-state index is 0.743. The van der Waals surface area contributed by atoms with E-state index in [4.69, 9.17) is 12.2 Å². The van der Waals surface area contributed by atoms with E-state index in [1.807, 2.05) is 18.2 Å². The van der Waals surface area contributed by atoms with Crippen molar-refractivity contribution in [3.63, 3.8) is 0 Å². The number of hydrogen-bond acceptors (Lipinski definition) is 3. The number of hydrogen-bond donors (Lipinski definition) is 1. The van der Waals surface area contributed by atoms with Gasteiger partial charge >= 0.3 is 0 Å². The van der Waals surface area contributed by atoms with Gasteiger partial charge in [0, 0.05) is 19.2 Å². The minimum atomic E-state index is 0.743. The molecule has 0 aliphatic heterocycles. The van der Waals surface area contributed by atoms with Crippen LogP contribution < -0.4 is 10.6 Å². The highest BCUT2D eigenvalue weighted by atomic mass is 15.1. The van der Waals surface area contributed by atoms with E-state index in [1.165, 1.54) is 0 Å². The molecule has 0 amide bonds. The van der Waals surface area contributed by atoms with Crippen LogP contribution in [0.4, 0.5) is 11.4 Å². The summed E-state index contributed by atoms with van der Waals surface area (Å²) in [7, 11) is 6.21. The van der Waals surface area contributed by atoms with E-state index in [1.54, 1.807) is 0 Å². The van der Waals surface area contributed by atoms with Gasteiger partial charge in [-0.2, -0.15) is 0 Å². The molecule has 2 N–H and O–H groups in total. The SMILES string of the molecule is C#Cc1ccc(N(C)CCCN(C)C)c(N)c1. The Morgan fingerprint density at radius 3 is 2.47 bits per heavy atom. The number of benzene rings is 1. The van der Waals surface area contributed by atoms with Crippen molar-refractivity contribution < 1.29 is 0 Å². The van der Waals surface area contributed by atoms with Gasteiger partial charge in [-0.25, -0.2) is 0 Å². The predicted molar refractivity (Wildman–Crippen MR) is 75.2 cm³/mol. The van der Waals surface area contributed by atoms with E-state index in [0.717, 1.165) is 36.4 Å². The average Bonchev–Trinajstić information content (AvgIpc) is 2.28. The van der Waals surface area contributed by atoms with E-state index >= 15 is 0 Å². The quantitative estimate of drug-likeness (QED) is 0.617. The Balaban J connectivity index is 2.63. The number of terminal acetylenes is 1. The van der Waals surface area contributed by atoms with E-state index in [-0.39, 0.29) is 0 Å². The maximum atomic E-state index is 5.98. The van der Waals surface area contributed by atoms with Crippen LogP contribution in [0.25, 0.3) is 0 Å². The van der Waals surface area contributed by atoms with Crippen molar-refractivity contribution in [3.8, 4) is 12.3 Å². The molecule has 0 aliphatic carbocycles. The Hall–Kier alpha value is -1.66. The van der Waals surface area contributed by atoms with Gasteiger partial charge < -0.3 is 15.5 Å². The molecule has 1 aromatic carbocycles. The van der Waals surface area contributed by atoms with Crippen molar-refractivity contribution in [1.82, 2.24) is 4.90 Å². The van der Waals surface area contributed by atoms with Gasteiger partial charge in [0.05, 0.1) is 11.4 Å². The summed E-state index contributed by atoms with van der Waals surface area (Å²) >= 11 is 0. The zero-order valence-electron chi connectivity index (χ0n) is 10.9. The Morgan fingerprint density at radius 1 is 1.24 bits per heavy atom. The third-order valence-electron chi connectivity index (χ3n) is 2.70. The number of nitrogen functional groups attached to an aromatic ring is 1. The summed E-state index contributed by atoms with van der Waals surface area (Å²) < 4.78 is 0. The molecule has 92 valence electrons. The normalized spacial score (nSPS) is 10.3. The molecule has 0 bridgehead atoms. The highest BCUT2D eigenvalue weighted by Crippen LogP contribution is 2.23. The fourth-order valence-corrected chi connectivity index (χ4v) is 1.74. The first-order chi connectivity index (χ1) is 8.04. The monoisotopic (exact) mass is 231 g/mol. The van der Waals surface area contributed by atoms with Crippen LogP contribution in [0.1, 0.15) is 12.0 Å². The minimum Gasteiger partial charge on any atom is -0.397 e. The first kappa shape index (κ1) is 13.4. The predicted octanol–water partition coefficient (Wildman–Crippen LogP) is 1.64. The molecule has 0 saturated carbocycles. The highest BCUT2D eigenvalue weighted by molar-refractivity contribution is 5.69. The lowest BCUT2D eigenvalue weighted by Gasteiger charge is -2.22. The molecule has 0 unspecified atom stereocenters. The van der Waals surface area contributed by atoms with E-state index in [0.29, 0.717) is 0 Å². The summed E-state index contributed by atoms with van der Waals surface area (Å²) in [5.41, 5.74) is 8.60. The second kappa shape index (κ2) is 6.17. The Bertz CT molecular complexity index is 404. The smallest absolute Gasteiger partial charge is 0.0598 e. The summed E-state index contributed by atoms with van der Waals surface area (Å²) in [5, 5.41) is 0. The lowest BCUT2D eigenvalue weighted by Crippen LogP contribution is -2.24. The first-order valence-electron chi connectivity index (χ1n) is 5.76. The molecule has 0 radical (unpaired) electrons. The van der Waals surface area contributed by atoms with Crippen LogP contribution in [0.3, 0.4) is 0 Å². The number of anilines is 2. The van der Waals surface area contributed by atoms with Gasteiger partial charge in [-0.3, -0.25) is 0 Å². The molecule has 0 aliphatic rings. The van der Waals surface area contributed by atoms with Gasteiger partial charge in [0.1, 0.15) is 0 Å². The third kappa shape index (κ3) is 4.01. The van der Waals surface area contributed by atoms with Crippen LogP contribution in [0.2, 0.25) is 0 Å². The molecular formula is C14H21N3. The van der Waals surface area contributed by atoms with Gasteiger partial charge in [-0.1, -0.05) is 5.92 Å². The molecular weight excluding hydrogens is 210 g/mol. The molecule has 0 fully saturated rings. The average molecular weight is 231 g/mol. The molecule has 0 atom stereocenters. The molecule has 3 nitrogen and oxygen atoms in total. The summed E-state index contributed by atoms with van der Waals surface area (Å²) in [6.45, 7) is 2.06. The van der Waals surface area contributed by atoms with Gasteiger partial charge in [0.25, 0.3) is 0 Å². The summed E-state index contributed by atoms with van der Waals surface area (Å²) in [6, 6.07) is 5.76. The van der Waals surface area contributed by atoms with Gasteiger partial charge in [0.2, 0.25) is 0 Å². The zero-order chi connectivity index (χ0) is 12.8. The van der Waals surface area contributed by atoms with Crippen LogP contribution in [0, 0.1) is 12.3 Å². The standard InChI is InChI=1S/C14H21N3/c1-5-12-7-8-14(13(15)11-12)17(4)10-6-9-16(2)3/h1,7-8,11H,6,9-10,15H2,2-4H3. The van der Waals surface area contributed by atoms with Crippen LogP contribution in [0.15, 0.2) is 18.2 Å². The highest BCUT2D eigenvalue weighted by Gasteiger charge is 2.05. The van der Waals surface area contributed by atoms with Crippen LogP contribution in [-0.4, -0.2) is 39.1 Å². The summed E-state index contributed by atoms with van der Waals surface area (Å²) in [6.07, 6.45) is 6.44. The summed E-state index contributed by atoms with van der Waals surface area (Å²) in [4.78, 5) is 4.35. The van der Waals surface area contributed by atoms with Crippen molar-refractivity contribution in [2.24, 2.45) is 0 Å². The Morgan fingerprint density at radius 2 is 1.94 bits per heavy atom. The molecule has 1 rings (SSSR count). The molecule has 1 aromatic rings. The topological polar surface area (TPSA) is 32.5 Å². The van der Waals surface area contributed by atoms with Crippen molar-refractivity contribution in [1.29, 1.82) is 0 Å². The summed E-state index contributed by atoms with van der Waals surface area (Å²) in [5.74, 6) is 2.59. The molecule has 3 heteroatoms. The lowest BCUT2D eigenvalue weighted by molar-refractivity contribution is 0.402. The second-order valence-corrected chi connectivity index (χ2v) is 4.50. The van der Waals surface area contributed by atoms with Crippen molar-refractivity contribution in [2.45, 2.75) is 6.42 Å². The van der Waals surface area contributed by atoms with Crippen LogP contribution >= 0.6 is 0 Å². The van der Waals surface area contributed by atoms with Crippen LogP contribution in [-0.2, 0) is 0 Å². The van der Waals surface area contributed by atoms with Crippen LogP contribution in [0.5, 0.6) is 0 Å². The van der Waals surface area contributed by atoms with Crippen molar-refractivity contribution in [2.75, 3.05) is 44.9 Å². The molecule has 0 spiro atoms. The van der Waals surface area contributed by atoms with Gasteiger partial charge in [-0.15, -0.1) is 6.42 Å². The van der Waals surface area contributed by atoms with Crippen molar-refractivity contribution >= 4 is 11.4 Å². The maximum Gasteiger partial charge on any atom is 0.0598 e. The largest absolute Gasteiger partial charge is 0.397 e. The molecule has 0 heterocycles. The van der Waals surface area contributed by atoms with E-state index in [2.05, 4.69) is 36.9 Å². The first-order valence-corrected chi connectivity index (χ1v) is 5.76. The Labute approximate surface area is 104 Å². The molecule has 17 heavy (non-hydrogen) atoms. The van der Waals surface area contributed by atoms with Gasteiger partial charge in [-0.05, 0) is 45.3 Å². The van der Waals surface area contributed by atoms with E-state index < -0.39 is 0 Å². The molecule has 0 aromatic heterocycles. The second-order valence-electron chi connectivity index (χ2n) is 4.50. The number of nitrogens with zero attached hydrogens (tertiary/aromatic N) is 2.